The Hall–Kier alpha value is -1.31. The van der Waals surface area contributed by atoms with E-state index in [1.807, 2.05) is 13.0 Å². The summed E-state index contributed by atoms with van der Waals surface area (Å²) in [4.78, 5) is 13.5. The van der Waals surface area contributed by atoms with Crippen molar-refractivity contribution < 1.29 is 4.79 Å². The van der Waals surface area contributed by atoms with Crippen LogP contribution >= 0.6 is 0 Å². The van der Waals surface area contributed by atoms with Gasteiger partial charge in [0.25, 0.3) is 0 Å². The van der Waals surface area contributed by atoms with Crippen LogP contribution in [0.3, 0.4) is 0 Å². The molecule has 18 heavy (non-hydrogen) atoms. The fourth-order valence-electron chi connectivity index (χ4n) is 2.94. The first-order valence-corrected chi connectivity index (χ1v) is 6.87. The lowest BCUT2D eigenvalue weighted by molar-refractivity contribution is 0.112. The molecular weight excluding hydrogens is 222 g/mol. The maximum Gasteiger partial charge on any atom is 0.150 e. The summed E-state index contributed by atoms with van der Waals surface area (Å²) in [7, 11) is 0. The quantitative estimate of drug-likeness (QED) is 0.740. The molecule has 0 aromatic heterocycles. The van der Waals surface area contributed by atoms with Crippen LogP contribution in [0.25, 0.3) is 0 Å². The topological polar surface area (TPSA) is 20.3 Å². The minimum atomic E-state index is 0.582. The highest BCUT2D eigenvalue weighted by atomic mass is 16.1. The molecule has 0 saturated carbocycles. The molecule has 1 heterocycles. The summed E-state index contributed by atoms with van der Waals surface area (Å²) >= 11 is 0. The zero-order valence-electron chi connectivity index (χ0n) is 11.9. The molecule has 0 radical (unpaired) electrons. The summed E-state index contributed by atoms with van der Waals surface area (Å²) in [6.45, 7) is 9.90. The number of nitrogens with zero attached hydrogens (tertiary/aromatic N) is 1. The molecule has 2 heteroatoms. The standard InChI is InChI=1S/C16H23NO/c1-11-6-5-7-17(14(11)4)16-9-12(2)15(10-18)8-13(16)3/h8-11,14H,5-7H2,1-4H3. The number of hydrogen-bond acceptors (Lipinski definition) is 2. The van der Waals surface area contributed by atoms with Crippen molar-refractivity contribution >= 4 is 12.0 Å². The van der Waals surface area contributed by atoms with E-state index in [0.29, 0.717) is 6.04 Å². The molecule has 2 unspecified atom stereocenters. The molecule has 0 bridgehead atoms. The maximum atomic E-state index is 11.0. The van der Waals surface area contributed by atoms with Crippen LogP contribution in [0.2, 0.25) is 0 Å². The van der Waals surface area contributed by atoms with Crippen molar-refractivity contribution in [3.05, 3.63) is 28.8 Å². The molecule has 98 valence electrons. The molecule has 1 aromatic rings. The van der Waals surface area contributed by atoms with Gasteiger partial charge in [-0.05, 0) is 62.8 Å². The number of carbonyl (C=O) groups is 1. The van der Waals surface area contributed by atoms with E-state index >= 15 is 0 Å². The van der Waals surface area contributed by atoms with Gasteiger partial charge in [-0.15, -0.1) is 0 Å². The van der Waals surface area contributed by atoms with Gasteiger partial charge < -0.3 is 4.90 Å². The Morgan fingerprint density at radius 3 is 2.61 bits per heavy atom. The van der Waals surface area contributed by atoms with E-state index in [1.165, 1.54) is 24.1 Å². The molecule has 1 saturated heterocycles. The van der Waals surface area contributed by atoms with Crippen LogP contribution in [-0.4, -0.2) is 18.9 Å². The van der Waals surface area contributed by atoms with Crippen LogP contribution in [0.1, 0.15) is 48.2 Å². The molecule has 1 aliphatic heterocycles. The highest BCUT2D eigenvalue weighted by molar-refractivity contribution is 5.79. The Balaban J connectivity index is 2.38. The Kier molecular flexibility index (Phi) is 3.74. The largest absolute Gasteiger partial charge is 0.368 e. The van der Waals surface area contributed by atoms with E-state index in [0.717, 1.165) is 29.9 Å². The van der Waals surface area contributed by atoms with Gasteiger partial charge in [0.15, 0.2) is 0 Å². The van der Waals surface area contributed by atoms with E-state index in [4.69, 9.17) is 0 Å². The van der Waals surface area contributed by atoms with Crippen molar-refractivity contribution in [3.8, 4) is 0 Å². The number of benzene rings is 1. The predicted octanol–water partition coefficient (Wildman–Crippen LogP) is 3.74. The van der Waals surface area contributed by atoms with Gasteiger partial charge in [0.05, 0.1) is 0 Å². The molecule has 2 atom stereocenters. The molecule has 2 rings (SSSR count). The van der Waals surface area contributed by atoms with Gasteiger partial charge in [0, 0.05) is 23.8 Å². The fraction of sp³-hybridized carbons (Fsp3) is 0.562. The Bertz CT molecular complexity index is 453. The molecule has 0 amide bonds. The second-order valence-electron chi connectivity index (χ2n) is 5.67. The highest BCUT2D eigenvalue weighted by Gasteiger charge is 2.25. The minimum absolute atomic E-state index is 0.582. The van der Waals surface area contributed by atoms with E-state index < -0.39 is 0 Å². The van der Waals surface area contributed by atoms with Crippen LogP contribution in [0.15, 0.2) is 12.1 Å². The lowest BCUT2D eigenvalue weighted by Crippen LogP contribution is -2.42. The van der Waals surface area contributed by atoms with Crippen molar-refractivity contribution in [2.45, 2.75) is 46.6 Å². The molecular formula is C16H23NO. The van der Waals surface area contributed by atoms with E-state index in [1.54, 1.807) is 0 Å². The number of piperidine rings is 1. The third-order valence-corrected chi connectivity index (χ3v) is 4.39. The monoisotopic (exact) mass is 245 g/mol. The molecule has 0 N–H and O–H groups in total. The average molecular weight is 245 g/mol. The summed E-state index contributed by atoms with van der Waals surface area (Å²) in [6.07, 6.45) is 3.54. The van der Waals surface area contributed by atoms with Crippen molar-refractivity contribution in [1.29, 1.82) is 0 Å². The third kappa shape index (κ3) is 2.29. The molecule has 0 aliphatic carbocycles. The van der Waals surface area contributed by atoms with Crippen LogP contribution in [0.5, 0.6) is 0 Å². The van der Waals surface area contributed by atoms with Crippen LogP contribution < -0.4 is 4.90 Å². The Morgan fingerprint density at radius 1 is 1.22 bits per heavy atom. The smallest absolute Gasteiger partial charge is 0.150 e. The molecule has 1 fully saturated rings. The predicted molar refractivity (Wildman–Crippen MR) is 76.5 cm³/mol. The second kappa shape index (κ2) is 5.13. The summed E-state index contributed by atoms with van der Waals surface area (Å²) < 4.78 is 0. The first-order valence-electron chi connectivity index (χ1n) is 6.87. The van der Waals surface area contributed by atoms with E-state index in [9.17, 15) is 4.79 Å². The van der Waals surface area contributed by atoms with Crippen molar-refractivity contribution in [2.75, 3.05) is 11.4 Å². The fourth-order valence-corrected chi connectivity index (χ4v) is 2.94. The van der Waals surface area contributed by atoms with Crippen LogP contribution in [0, 0.1) is 19.8 Å². The molecule has 1 aliphatic rings. The van der Waals surface area contributed by atoms with Gasteiger partial charge in [-0.25, -0.2) is 0 Å². The summed E-state index contributed by atoms with van der Waals surface area (Å²) in [5.74, 6) is 0.740. The SMILES string of the molecule is Cc1cc(N2CCCC(C)C2C)c(C)cc1C=O. The number of anilines is 1. The average Bonchev–Trinajstić information content (AvgIpc) is 2.35. The number of rotatable bonds is 2. The first kappa shape index (κ1) is 13.1. The summed E-state index contributed by atoms with van der Waals surface area (Å²) in [6, 6.07) is 4.77. The number of hydrogen-bond donors (Lipinski definition) is 0. The summed E-state index contributed by atoms with van der Waals surface area (Å²) in [5.41, 5.74) is 4.41. The number of aryl methyl sites for hydroxylation is 2. The van der Waals surface area contributed by atoms with Gasteiger partial charge in [0.1, 0.15) is 6.29 Å². The van der Waals surface area contributed by atoms with Crippen molar-refractivity contribution in [2.24, 2.45) is 5.92 Å². The lowest BCUT2D eigenvalue weighted by atomic mass is 9.90. The van der Waals surface area contributed by atoms with E-state index in [2.05, 4.69) is 31.7 Å². The van der Waals surface area contributed by atoms with Crippen molar-refractivity contribution in [1.82, 2.24) is 0 Å². The van der Waals surface area contributed by atoms with Crippen molar-refractivity contribution in [3.63, 3.8) is 0 Å². The Labute approximate surface area is 110 Å². The van der Waals surface area contributed by atoms with E-state index in [-0.39, 0.29) is 0 Å². The van der Waals surface area contributed by atoms with Gasteiger partial charge in [0.2, 0.25) is 0 Å². The minimum Gasteiger partial charge on any atom is -0.368 e. The molecule has 2 nitrogen and oxygen atoms in total. The molecule has 1 aromatic carbocycles. The van der Waals surface area contributed by atoms with Crippen LogP contribution in [-0.2, 0) is 0 Å². The zero-order valence-corrected chi connectivity index (χ0v) is 11.9. The zero-order chi connectivity index (χ0) is 13.3. The van der Waals surface area contributed by atoms with Gasteiger partial charge in [-0.2, -0.15) is 0 Å². The lowest BCUT2D eigenvalue weighted by Gasteiger charge is -2.40. The van der Waals surface area contributed by atoms with Crippen LogP contribution in [0.4, 0.5) is 5.69 Å². The first-order chi connectivity index (χ1) is 8.54. The van der Waals surface area contributed by atoms with Gasteiger partial charge >= 0.3 is 0 Å². The highest BCUT2D eigenvalue weighted by Crippen LogP contribution is 2.31. The third-order valence-electron chi connectivity index (χ3n) is 4.39. The number of aldehydes is 1. The Morgan fingerprint density at radius 2 is 1.94 bits per heavy atom. The maximum absolute atomic E-state index is 11.0. The second-order valence-corrected chi connectivity index (χ2v) is 5.67. The normalized spacial score (nSPS) is 24.1. The number of carbonyl (C=O) groups excluding carboxylic acids is 1. The van der Waals surface area contributed by atoms with Gasteiger partial charge in [-0.3, -0.25) is 4.79 Å². The summed E-state index contributed by atoms with van der Waals surface area (Å²) in [5, 5.41) is 0. The van der Waals surface area contributed by atoms with Gasteiger partial charge in [-0.1, -0.05) is 6.92 Å². The molecule has 0 spiro atoms.